The number of anilines is 1. The molecule has 2 N–H and O–H groups in total. The van der Waals surface area contributed by atoms with E-state index in [0.29, 0.717) is 23.2 Å². The number of hydrogen-bond donors (Lipinski definition) is 1. The molecular weight excluding hydrogens is 381 g/mol. The van der Waals surface area contributed by atoms with Gasteiger partial charge in [-0.25, -0.2) is 0 Å². The van der Waals surface area contributed by atoms with Gasteiger partial charge in [-0.1, -0.05) is 35.3 Å². The van der Waals surface area contributed by atoms with Crippen molar-refractivity contribution in [3.63, 3.8) is 0 Å². The Morgan fingerprint density at radius 1 is 1.20 bits per heavy atom. The zero-order valence-electron chi connectivity index (χ0n) is 13.8. The molecule has 25 heavy (non-hydrogen) atoms. The molecule has 2 aromatic rings. The van der Waals surface area contributed by atoms with Crippen LogP contribution >= 0.6 is 35.6 Å². The quantitative estimate of drug-likeness (QED) is 0.761. The van der Waals surface area contributed by atoms with Crippen molar-refractivity contribution in [1.82, 2.24) is 0 Å². The van der Waals surface area contributed by atoms with Crippen molar-refractivity contribution in [1.29, 1.82) is 0 Å². The second-order valence-electron chi connectivity index (χ2n) is 5.53. The molecule has 4 nitrogen and oxygen atoms in total. The number of nitrogens with two attached hydrogens (primary N) is 1. The standard InChI is InChI=1S/C18H19Cl2N3O.ClH/c1-2-24-15-6-3-12(4-7-15)18-10-14(11-21)22-23(18)17-8-5-13(19)9-16(17)20;/h3-9,18H,2,10-11,21H2,1H3;1H. The van der Waals surface area contributed by atoms with E-state index in [4.69, 9.17) is 33.7 Å². The second-order valence-corrected chi connectivity index (χ2v) is 6.38. The van der Waals surface area contributed by atoms with Crippen molar-refractivity contribution in [2.75, 3.05) is 18.2 Å². The lowest BCUT2D eigenvalue weighted by Crippen LogP contribution is -2.19. The summed E-state index contributed by atoms with van der Waals surface area (Å²) in [5, 5.41) is 7.75. The highest BCUT2D eigenvalue weighted by Gasteiger charge is 2.29. The van der Waals surface area contributed by atoms with Gasteiger partial charge >= 0.3 is 0 Å². The molecule has 1 aliphatic rings. The summed E-state index contributed by atoms with van der Waals surface area (Å²) in [6.45, 7) is 3.04. The van der Waals surface area contributed by atoms with Gasteiger partial charge in [0.1, 0.15) is 5.75 Å². The molecule has 0 aliphatic carbocycles. The van der Waals surface area contributed by atoms with Gasteiger partial charge in [0.15, 0.2) is 0 Å². The molecule has 0 aromatic heterocycles. The van der Waals surface area contributed by atoms with Crippen molar-refractivity contribution in [2.45, 2.75) is 19.4 Å². The minimum absolute atomic E-state index is 0. The first-order valence-corrected chi connectivity index (χ1v) is 8.61. The summed E-state index contributed by atoms with van der Waals surface area (Å²) in [5.41, 5.74) is 8.71. The lowest BCUT2D eigenvalue weighted by atomic mass is 10.0. The lowest BCUT2D eigenvalue weighted by molar-refractivity contribution is 0.340. The van der Waals surface area contributed by atoms with E-state index >= 15 is 0 Å². The summed E-state index contributed by atoms with van der Waals surface area (Å²) in [4.78, 5) is 0. The van der Waals surface area contributed by atoms with Gasteiger partial charge in [0.25, 0.3) is 0 Å². The summed E-state index contributed by atoms with van der Waals surface area (Å²) in [6, 6.07) is 13.5. The monoisotopic (exact) mass is 399 g/mol. The van der Waals surface area contributed by atoms with Crippen molar-refractivity contribution in [3.8, 4) is 5.75 Å². The zero-order chi connectivity index (χ0) is 17.1. The van der Waals surface area contributed by atoms with Crippen molar-refractivity contribution >= 4 is 47.0 Å². The molecule has 2 aromatic carbocycles. The number of nitrogens with zero attached hydrogens (tertiary/aromatic N) is 2. The highest BCUT2D eigenvalue weighted by atomic mass is 35.5. The Morgan fingerprint density at radius 3 is 2.52 bits per heavy atom. The average Bonchev–Trinajstić information content (AvgIpc) is 3.00. The molecule has 1 unspecified atom stereocenters. The maximum atomic E-state index is 6.37. The molecule has 0 bridgehead atoms. The van der Waals surface area contributed by atoms with E-state index in [-0.39, 0.29) is 18.4 Å². The van der Waals surface area contributed by atoms with E-state index in [1.165, 1.54) is 0 Å². The maximum absolute atomic E-state index is 6.37. The van der Waals surface area contributed by atoms with Crippen LogP contribution in [0.15, 0.2) is 47.6 Å². The fraction of sp³-hybridized carbons (Fsp3) is 0.278. The predicted molar refractivity (Wildman–Crippen MR) is 108 cm³/mol. The van der Waals surface area contributed by atoms with Crippen LogP contribution in [-0.4, -0.2) is 18.9 Å². The van der Waals surface area contributed by atoms with E-state index in [1.807, 2.05) is 36.2 Å². The predicted octanol–water partition coefficient (Wildman–Crippen LogP) is 5.08. The van der Waals surface area contributed by atoms with Crippen LogP contribution in [0.25, 0.3) is 0 Å². The smallest absolute Gasteiger partial charge is 0.119 e. The van der Waals surface area contributed by atoms with Crippen LogP contribution in [-0.2, 0) is 0 Å². The third-order valence-electron chi connectivity index (χ3n) is 3.94. The number of rotatable bonds is 5. The normalized spacial score (nSPS) is 16.4. The maximum Gasteiger partial charge on any atom is 0.119 e. The number of hydrogen-bond acceptors (Lipinski definition) is 4. The fourth-order valence-corrected chi connectivity index (χ4v) is 3.29. The Hall–Kier alpha value is -1.46. The second kappa shape index (κ2) is 8.77. The first-order chi connectivity index (χ1) is 11.6. The van der Waals surface area contributed by atoms with Gasteiger partial charge in [-0.2, -0.15) is 5.10 Å². The van der Waals surface area contributed by atoms with Gasteiger partial charge in [0.05, 0.1) is 29.1 Å². The molecular formula is C18H20Cl3N3O. The Morgan fingerprint density at radius 2 is 1.92 bits per heavy atom. The van der Waals surface area contributed by atoms with E-state index in [1.54, 1.807) is 6.07 Å². The first-order valence-electron chi connectivity index (χ1n) is 7.85. The minimum Gasteiger partial charge on any atom is -0.494 e. The first kappa shape index (κ1) is 19.9. The Kier molecular flexibility index (Phi) is 6.96. The molecule has 0 fully saturated rings. The van der Waals surface area contributed by atoms with Crippen LogP contribution in [0.4, 0.5) is 5.69 Å². The number of halogens is 3. The number of hydrazone groups is 1. The van der Waals surface area contributed by atoms with Gasteiger partial charge < -0.3 is 10.5 Å². The van der Waals surface area contributed by atoms with Crippen molar-refractivity contribution < 1.29 is 4.74 Å². The average molecular weight is 401 g/mol. The molecule has 1 atom stereocenters. The lowest BCUT2D eigenvalue weighted by Gasteiger charge is -2.25. The molecule has 134 valence electrons. The number of ether oxygens (including phenoxy) is 1. The fourth-order valence-electron chi connectivity index (χ4n) is 2.80. The van der Waals surface area contributed by atoms with E-state index in [0.717, 1.165) is 29.1 Å². The molecule has 0 saturated carbocycles. The molecule has 1 heterocycles. The Balaban J connectivity index is 0.00000225. The Bertz CT molecular complexity index is 750. The topological polar surface area (TPSA) is 50.9 Å². The molecule has 0 radical (unpaired) electrons. The van der Waals surface area contributed by atoms with Crippen molar-refractivity contribution in [3.05, 3.63) is 58.1 Å². The third kappa shape index (κ3) is 4.39. The van der Waals surface area contributed by atoms with Crippen LogP contribution < -0.4 is 15.5 Å². The molecule has 1 aliphatic heterocycles. The highest BCUT2D eigenvalue weighted by Crippen LogP contribution is 2.39. The summed E-state index contributed by atoms with van der Waals surface area (Å²) in [7, 11) is 0. The molecule has 0 spiro atoms. The van der Waals surface area contributed by atoms with Gasteiger partial charge in [-0.15, -0.1) is 12.4 Å². The zero-order valence-corrected chi connectivity index (χ0v) is 16.1. The SMILES string of the molecule is CCOc1ccc(C2CC(CN)=NN2c2ccc(Cl)cc2Cl)cc1.Cl. The van der Waals surface area contributed by atoms with Crippen LogP contribution in [0.1, 0.15) is 24.9 Å². The van der Waals surface area contributed by atoms with E-state index < -0.39 is 0 Å². The molecule has 3 rings (SSSR count). The molecule has 0 saturated heterocycles. The van der Waals surface area contributed by atoms with Gasteiger partial charge in [-0.05, 0) is 42.8 Å². The van der Waals surface area contributed by atoms with E-state index in [2.05, 4.69) is 17.2 Å². The minimum atomic E-state index is 0. The van der Waals surface area contributed by atoms with Gasteiger partial charge in [0, 0.05) is 18.0 Å². The number of benzene rings is 2. The summed E-state index contributed by atoms with van der Waals surface area (Å²) in [5.74, 6) is 0.857. The van der Waals surface area contributed by atoms with Crippen LogP contribution in [0.2, 0.25) is 10.0 Å². The van der Waals surface area contributed by atoms with E-state index in [9.17, 15) is 0 Å². The largest absolute Gasteiger partial charge is 0.494 e. The van der Waals surface area contributed by atoms with Crippen LogP contribution in [0, 0.1) is 0 Å². The van der Waals surface area contributed by atoms with Crippen LogP contribution in [0.5, 0.6) is 5.75 Å². The van der Waals surface area contributed by atoms with Gasteiger partial charge in [-0.3, -0.25) is 5.01 Å². The summed E-state index contributed by atoms with van der Waals surface area (Å²) in [6.07, 6.45) is 0.767. The van der Waals surface area contributed by atoms with Crippen LogP contribution in [0.3, 0.4) is 0 Å². The summed E-state index contributed by atoms with van der Waals surface area (Å²) >= 11 is 12.4. The van der Waals surface area contributed by atoms with Crippen molar-refractivity contribution in [2.24, 2.45) is 10.8 Å². The summed E-state index contributed by atoms with van der Waals surface area (Å²) < 4.78 is 5.51. The van der Waals surface area contributed by atoms with Gasteiger partial charge in [0.2, 0.25) is 0 Å². The molecule has 0 amide bonds. The third-order valence-corrected chi connectivity index (χ3v) is 4.48. The highest BCUT2D eigenvalue weighted by molar-refractivity contribution is 6.36. The molecule has 7 heteroatoms. The Labute approximate surface area is 164 Å².